The van der Waals surface area contributed by atoms with Crippen molar-refractivity contribution in [2.75, 3.05) is 39.4 Å². The van der Waals surface area contributed by atoms with Crippen LogP contribution >= 0.6 is 0 Å². The molecular weight excluding hydrogens is 308 g/mol. The predicted octanol–water partition coefficient (Wildman–Crippen LogP) is 1.74. The van der Waals surface area contributed by atoms with Gasteiger partial charge in [0.1, 0.15) is 0 Å². The maximum absolute atomic E-state index is 11.9. The zero-order chi connectivity index (χ0) is 16.9. The first-order valence-electron chi connectivity index (χ1n) is 9.39. The molecule has 2 saturated carbocycles. The van der Waals surface area contributed by atoms with Gasteiger partial charge in [-0.05, 0) is 50.4 Å². The molecule has 0 radical (unpaired) electrons. The Labute approximate surface area is 143 Å². The lowest BCUT2D eigenvalue weighted by atomic mass is 9.64. The molecule has 2 heterocycles. The van der Waals surface area contributed by atoms with Crippen LogP contribution in [0.15, 0.2) is 0 Å². The Hall–Kier alpha value is -1.30. The van der Waals surface area contributed by atoms with E-state index in [4.69, 9.17) is 9.47 Å². The quantitative estimate of drug-likeness (QED) is 0.732. The maximum Gasteiger partial charge on any atom is 0.409 e. The normalized spacial score (nSPS) is 40.3. The number of carbonyl (C=O) groups excluding carboxylic acids is 2. The Kier molecular flexibility index (Phi) is 3.98. The fourth-order valence-corrected chi connectivity index (χ4v) is 5.28. The van der Waals surface area contributed by atoms with Crippen molar-refractivity contribution in [2.24, 2.45) is 23.2 Å². The van der Waals surface area contributed by atoms with Crippen LogP contribution in [0.2, 0.25) is 0 Å². The highest BCUT2D eigenvalue weighted by molar-refractivity contribution is 5.77. The molecule has 0 aromatic carbocycles. The summed E-state index contributed by atoms with van der Waals surface area (Å²) in [6, 6.07) is 0.641. The van der Waals surface area contributed by atoms with E-state index in [1.165, 1.54) is 12.8 Å². The first-order valence-corrected chi connectivity index (χ1v) is 9.39. The third kappa shape index (κ3) is 2.59. The van der Waals surface area contributed by atoms with Crippen LogP contribution in [0.3, 0.4) is 0 Å². The van der Waals surface area contributed by atoms with E-state index in [1.807, 2.05) is 18.7 Å². The van der Waals surface area contributed by atoms with Crippen LogP contribution in [0.5, 0.6) is 0 Å². The van der Waals surface area contributed by atoms with Crippen molar-refractivity contribution in [3.8, 4) is 0 Å². The summed E-state index contributed by atoms with van der Waals surface area (Å²) in [5, 5.41) is 0. The molecule has 1 spiro atoms. The van der Waals surface area contributed by atoms with Gasteiger partial charge in [0.15, 0.2) is 0 Å². The second kappa shape index (κ2) is 5.90. The van der Waals surface area contributed by atoms with E-state index in [2.05, 4.69) is 4.90 Å². The summed E-state index contributed by atoms with van der Waals surface area (Å²) >= 11 is 0. The standard InChI is InChI=1S/C18H28N2O4/c1-3-23-16(21)15-13-9-20(10-14(13)15)12-7-18(8-12)5-6-19(11-18)17(22)24-4-2/h12-15H,3-11H2,1-2H3/t12?,13-,14+,15?,18?. The molecule has 6 heteroatoms. The molecule has 134 valence electrons. The molecule has 2 aliphatic carbocycles. The molecule has 1 unspecified atom stereocenters. The smallest absolute Gasteiger partial charge is 0.409 e. The van der Waals surface area contributed by atoms with Gasteiger partial charge in [-0.2, -0.15) is 0 Å². The lowest BCUT2D eigenvalue weighted by Crippen LogP contribution is -2.52. The molecule has 4 rings (SSSR count). The summed E-state index contributed by atoms with van der Waals surface area (Å²) in [5.41, 5.74) is 0.324. The molecule has 0 aromatic rings. The minimum Gasteiger partial charge on any atom is -0.466 e. The first kappa shape index (κ1) is 16.2. The second-order valence-corrected chi connectivity index (χ2v) is 7.99. The van der Waals surface area contributed by atoms with Crippen LogP contribution in [0.1, 0.15) is 33.1 Å². The zero-order valence-corrected chi connectivity index (χ0v) is 14.7. The number of carbonyl (C=O) groups is 2. The number of amides is 1. The highest BCUT2D eigenvalue weighted by Gasteiger charge is 2.62. The Morgan fingerprint density at radius 1 is 1.08 bits per heavy atom. The lowest BCUT2D eigenvalue weighted by molar-refractivity contribution is -0.146. The predicted molar refractivity (Wildman–Crippen MR) is 87.3 cm³/mol. The molecule has 3 atom stereocenters. The second-order valence-electron chi connectivity index (χ2n) is 7.99. The van der Waals surface area contributed by atoms with E-state index in [9.17, 15) is 9.59 Å². The number of hydrogen-bond acceptors (Lipinski definition) is 5. The average molecular weight is 336 g/mol. The number of hydrogen-bond donors (Lipinski definition) is 0. The number of ether oxygens (including phenoxy) is 2. The van der Waals surface area contributed by atoms with Crippen molar-refractivity contribution in [2.45, 2.75) is 39.2 Å². The number of nitrogens with zero attached hydrogens (tertiary/aromatic N) is 2. The molecule has 4 fully saturated rings. The van der Waals surface area contributed by atoms with Crippen molar-refractivity contribution in [1.82, 2.24) is 9.80 Å². The lowest BCUT2D eigenvalue weighted by Gasteiger charge is -2.49. The van der Waals surface area contributed by atoms with Crippen LogP contribution in [0.25, 0.3) is 0 Å². The fourth-order valence-electron chi connectivity index (χ4n) is 5.28. The Balaban J connectivity index is 1.23. The fraction of sp³-hybridized carbons (Fsp3) is 0.889. The maximum atomic E-state index is 11.9. The van der Waals surface area contributed by atoms with Gasteiger partial charge >= 0.3 is 12.1 Å². The van der Waals surface area contributed by atoms with E-state index in [0.717, 1.165) is 32.6 Å². The van der Waals surface area contributed by atoms with E-state index < -0.39 is 0 Å². The van der Waals surface area contributed by atoms with Crippen LogP contribution in [0, 0.1) is 23.2 Å². The molecule has 0 aromatic heterocycles. The number of fused-ring (bicyclic) bond motifs is 1. The van der Waals surface area contributed by atoms with Gasteiger partial charge in [-0.3, -0.25) is 9.69 Å². The molecular formula is C18H28N2O4. The Bertz CT molecular complexity index is 519. The number of rotatable bonds is 4. The Morgan fingerprint density at radius 3 is 2.38 bits per heavy atom. The summed E-state index contributed by atoms with van der Waals surface area (Å²) < 4.78 is 10.3. The van der Waals surface area contributed by atoms with Crippen molar-refractivity contribution < 1.29 is 19.1 Å². The topological polar surface area (TPSA) is 59.1 Å². The summed E-state index contributed by atoms with van der Waals surface area (Å²) in [4.78, 5) is 28.2. The largest absolute Gasteiger partial charge is 0.466 e. The van der Waals surface area contributed by atoms with E-state index >= 15 is 0 Å². The molecule has 2 aliphatic heterocycles. The molecule has 0 bridgehead atoms. The third-order valence-electron chi connectivity index (χ3n) is 6.60. The van der Waals surface area contributed by atoms with Gasteiger partial charge in [0.05, 0.1) is 19.1 Å². The minimum absolute atomic E-state index is 0.0121. The Morgan fingerprint density at radius 2 is 1.75 bits per heavy atom. The first-order chi connectivity index (χ1) is 11.6. The summed E-state index contributed by atoms with van der Waals surface area (Å²) in [6.07, 6.45) is 3.32. The van der Waals surface area contributed by atoms with Crippen molar-refractivity contribution >= 4 is 12.1 Å². The molecule has 2 saturated heterocycles. The van der Waals surface area contributed by atoms with Crippen LogP contribution in [0.4, 0.5) is 4.79 Å². The monoisotopic (exact) mass is 336 g/mol. The summed E-state index contributed by atoms with van der Waals surface area (Å²) in [6.45, 7) is 8.45. The van der Waals surface area contributed by atoms with Crippen LogP contribution < -0.4 is 0 Å². The summed E-state index contributed by atoms with van der Waals surface area (Å²) in [7, 11) is 0. The molecule has 24 heavy (non-hydrogen) atoms. The van der Waals surface area contributed by atoms with Crippen LogP contribution in [-0.2, 0) is 14.3 Å². The van der Waals surface area contributed by atoms with Crippen molar-refractivity contribution in [3.05, 3.63) is 0 Å². The van der Waals surface area contributed by atoms with Gasteiger partial charge in [0.2, 0.25) is 0 Å². The highest BCUT2D eigenvalue weighted by atomic mass is 16.6. The van der Waals surface area contributed by atoms with Gasteiger partial charge in [0, 0.05) is 32.2 Å². The highest BCUT2D eigenvalue weighted by Crippen LogP contribution is 2.57. The molecule has 0 N–H and O–H groups in total. The van der Waals surface area contributed by atoms with Gasteiger partial charge in [-0.1, -0.05) is 0 Å². The number of esters is 1. The van der Waals surface area contributed by atoms with Crippen LogP contribution in [-0.4, -0.2) is 67.3 Å². The zero-order valence-electron chi connectivity index (χ0n) is 14.7. The SMILES string of the molecule is CCOC(=O)C1[C@H]2CN(C3CC4(CCN(C(=O)OCC)C4)C3)C[C@@H]12. The third-order valence-corrected chi connectivity index (χ3v) is 6.60. The van der Waals surface area contributed by atoms with Gasteiger partial charge in [0.25, 0.3) is 0 Å². The van der Waals surface area contributed by atoms with E-state index in [0.29, 0.717) is 36.5 Å². The molecule has 1 amide bonds. The minimum atomic E-state index is -0.155. The van der Waals surface area contributed by atoms with Gasteiger partial charge < -0.3 is 14.4 Å². The molecule has 4 aliphatic rings. The average Bonchev–Trinajstić information content (AvgIpc) is 2.91. The van der Waals surface area contributed by atoms with E-state index in [1.54, 1.807) is 0 Å². The number of piperidine rings is 1. The van der Waals surface area contributed by atoms with Crippen molar-refractivity contribution in [1.29, 1.82) is 0 Å². The van der Waals surface area contributed by atoms with E-state index in [-0.39, 0.29) is 18.0 Å². The van der Waals surface area contributed by atoms with Crippen molar-refractivity contribution in [3.63, 3.8) is 0 Å². The number of likely N-dealkylation sites (tertiary alicyclic amines) is 2. The van der Waals surface area contributed by atoms with Gasteiger partial charge in [-0.25, -0.2) is 4.79 Å². The summed E-state index contributed by atoms with van der Waals surface area (Å²) in [5.74, 6) is 1.24. The van der Waals surface area contributed by atoms with Gasteiger partial charge in [-0.15, -0.1) is 0 Å². The molecule has 6 nitrogen and oxygen atoms in total.